The maximum Gasteiger partial charge on any atom is 0.121 e. The lowest BCUT2D eigenvalue weighted by Crippen LogP contribution is -2.24. The van der Waals surface area contributed by atoms with Gasteiger partial charge in [-0.3, -0.25) is 5.32 Å². The minimum Gasteiger partial charge on any atom is -0.395 e. The molecule has 0 aliphatic heterocycles. The van der Waals surface area contributed by atoms with Crippen LogP contribution in [0.25, 0.3) is 0 Å². The van der Waals surface area contributed by atoms with Crippen LogP contribution in [0.4, 0.5) is 0 Å². The van der Waals surface area contributed by atoms with Crippen molar-refractivity contribution in [3.8, 4) is 6.07 Å². The van der Waals surface area contributed by atoms with E-state index in [2.05, 4.69) is 11.4 Å². The zero-order chi connectivity index (χ0) is 11.3. The third kappa shape index (κ3) is 2.79. The van der Waals surface area contributed by atoms with Crippen LogP contribution in [0.3, 0.4) is 0 Å². The Labute approximate surface area is 90.4 Å². The Bertz CT molecular complexity index is 368. The number of aliphatic hydroxyl groups is 1. The highest BCUT2D eigenvalue weighted by Gasteiger charge is 2.12. The molecule has 0 spiro atoms. The maximum atomic E-state index is 9.03. The Balaban J connectivity index is 2.93. The van der Waals surface area contributed by atoms with Crippen molar-refractivity contribution >= 4 is 0 Å². The summed E-state index contributed by atoms with van der Waals surface area (Å²) >= 11 is 0. The molecule has 0 aliphatic carbocycles. The van der Waals surface area contributed by atoms with Gasteiger partial charge in [-0.25, -0.2) is 0 Å². The molecule has 0 aromatic heterocycles. The van der Waals surface area contributed by atoms with Crippen LogP contribution in [0, 0.1) is 25.2 Å². The van der Waals surface area contributed by atoms with Crippen molar-refractivity contribution in [1.29, 1.82) is 5.26 Å². The van der Waals surface area contributed by atoms with E-state index in [1.54, 1.807) is 0 Å². The summed E-state index contributed by atoms with van der Waals surface area (Å²) in [6.45, 7) is 4.52. The summed E-state index contributed by atoms with van der Waals surface area (Å²) in [6, 6.07) is 7.78. The van der Waals surface area contributed by atoms with Crippen LogP contribution in [0.2, 0.25) is 0 Å². The van der Waals surface area contributed by atoms with E-state index in [0.29, 0.717) is 6.54 Å². The Kier molecular flexibility index (Phi) is 4.29. The van der Waals surface area contributed by atoms with Crippen molar-refractivity contribution in [2.75, 3.05) is 13.2 Å². The molecule has 2 N–H and O–H groups in total. The van der Waals surface area contributed by atoms with Gasteiger partial charge in [0.25, 0.3) is 0 Å². The topological polar surface area (TPSA) is 56.0 Å². The summed E-state index contributed by atoms with van der Waals surface area (Å²) in [5.41, 5.74) is 3.30. The van der Waals surface area contributed by atoms with E-state index in [4.69, 9.17) is 10.4 Å². The predicted molar refractivity (Wildman–Crippen MR) is 59.4 cm³/mol. The van der Waals surface area contributed by atoms with Gasteiger partial charge in [-0.1, -0.05) is 18.2 Å². The van der Waals surface area contributed by atoms with E-state index in [1.165, 1.54) is 5.56 Å². The van der Waals surface area contributed by atoms with Crippen molar-refractivity contribution in [1.82, 2.24) is 5.32 Å². The first-order valence-corrected chi connectivity index (χ1v) is 5.00. The predicted octanol–water partition coefficient (Wildman–Crippen LogP) is 1.45. The van der Waals surface area contributed by atoms with Crippen molar-refractivity contribution in [2.24, 2.45) is 0 Å². The smallest absolute Gasteiger partial charge is 0.121 e. The number of aliphatic hydroxyl groups excluding tert-OH is 1. The Morgan fingerprint density at radius 1 is 1.47 bits per heavy atom. The molecule has 0 heterocycles. The molecule has 80 valence electrons. The van der Waals surface area contributed by atoms with Crippen molar-refractivity contribution in [2.45, 2.75) is 19.9 Å². The summed E-state index contributed by atoms with van der Waals surface area (Å²) in [7, 11) is 0. The van der Waals surface area contributed by atoms with E-state index in [-0.39, 0.29) is 12.6 Å². The highest BCUT2D eigenvalue weighted by atomic mass is 16.3. The van der Waals surface area contributed by atoms with Gasteiger partial charge in [0.15, 0.2) is 0 Å². The number of nitrogens with zero attached hydrogens (tertiary/aromatic N) is 1. The molecule has 0 saturated heterocycles. The van der Waals surface area contributed by atoms with Crippen LogP contribution in [-0.2, 0) is 0 Å². The Morgan fingerprint density at radius 3 is 2.80 bits per heavy atom. The quantitative estimate of drug-likeness (QED) is 0.780. The number of rotatable bonds is 4. The van der Waals surface area contributed by atoms with Crippen LogP contribution in [0.1, 0.15) is 22.7 Å². The van der Waals surface area contributed by atoms with E-state index in [1.807, 2.05) is 32.0 Å². The Morgan fingerprint density at radius 2 is 2.20 bits per heavy atom. The van der Waals surface area contributed by atoms with E-state index < -0.39 is 0 Å². The van der Waals surface area contributed by atoms with Crippen LogP contribution < -0.4 is 5.32 Å². The molecule has 0 radical (unpaired) electrons. The molecule has 15 heavy (non-hydrogen) atoms. The second kappa shape index (κ2) is 5.50. The largest absolute Gasteiger partial charge is 0.395 e. The number of aryl methyl sites for hydroxylation is 1. The Hall–Kier alpha value is -1.37. The highest BCUT2D eigenvalue weighted by Crippen LogP contribution is 2.19. The molecule has 1 aromatic carbocycles. The number of hydrogen-bond acceptors (Lipinski definition) is 3. The normalized spacial score (nSPS) is 12.1. The lowest BCUT2D eigenvalue weighted by atomic mass is 9.98. The maximum absolute atomic E-state index is 9.03. The molecular formula is C12H16N2O. The first-order chi connectivity index (χ1) is 7.20. The monoisotopic (exact) mass is 204 g/mol. The number of nitrogens with one attached hydrogen (secondary N) is 1. The fraction of sp³-hybridized carbons (Fsp3) is 0.417. The third-order valence-electron chi connectivity index (χ3n) is 2.55. The molecule has 0 saturated carbocycles. The lowest BCUT2D eigenvalue weighted by Gasteiger charge is -2.14. The number of nitriles is 1. The molecule has 1 unspecified atom stereocenters. The second-order valence-corrected chi connectivity index (χ2v) is 3.53. The summed E-state index contributed by atoms with van der Waals surface area (Å²) < 4.78 is 0. The summed E-state index contributed by atoms with van der Waals surface area (Å²) in [4.78, 5) is 0. The molecule has 0 amide bonds. The molecule has 0 fully saturated rings. The van der Waals surface area contributed by atoms with Crippen molar-refractivity contribution < 1.29 is 5.11 Å². The summed E-state index contributed by atoms with van der Waals surface area (Å²) in [5, 5.41) is 20.7. The van der Waals surface area contributed by atoms with Gasteiger partial charge in [0.1, 0.15) is 6.04 Å². The standard InChI is InChI=1S/C12H16N2O/c1-9-4-3-5-11(10(9)2)12(8-13)14-6-7-15/h3-5,12,14-15H,6-7H2,1-2H3. The fourth-order valence-corrected chi connectivity index (χ4v) is 1.52. The average molecular weight is 204 g/mol. The highest BCUT2D eigenvalue weighted by molar-refractivity contribution is 5.37. The van der Waals surface area contributed by atoms with Gasteiger partial charge < -0.3 is 5.11 Å². The first-order valence-electron chi connectivity index (χ1n) is 5.00. The number of hydrogen-bond donors (Lipinski definition) is 2. The van der Waals surface area contributed by atoms with Gasteiger partial charge in [-0.05, 0) is 30.5 Å². The summed E-state index contributed by atoms with van der Waals surface area (Å²) in [6.07, 6.45) is 0. The zero-order valence-corrected chi connectivity index (χ0v) is 9.12. The van der Waals surface area contributed by atoms with Gasteiger partial charge in [-0.15, -0.1) is 0 Å². The van der Waals surface area contributed by atoms with E-state index >= 15 is 0 Å². The van der Waals surface area contributed by atoms with Crippen LogP contribution in [0.15, 0.2) is 18.2 Å². The van der Waals surface area contributed by atoms with Crippen LogP contribution in [-0.4, -0.2) is 18.3 Å². The first kappa shape index (κ1) is 11.7. The van der Waals surface area contributed by atoms with Gasteiger partial charge in [0.05, 0.1) is 12.7 Å². The molecule has 1 atom stereocenters. The number of benzene rings is 1. The molecule has 1 aromatic rings. The molecule has 1 rings (SSSR count). The molecule has 0 bridgehead atoms. The molecule has 0 aliphatic rings. The fourth-order valence-electron chi connectivity index (χ4n) is 1.52. The van der Waals surface area contributed by atoms with Gasteiger partial charge in [0.2, 0.25) is 0 Å². The van der Waals surface area contributed by atoms with E-state index in [9.17, 15) is 0 Å². The molecule has 3 nitrogen and oxygen atoms in total. The van der Waals surface area contributed by atoms with Crippen molar-refractivity contribution in [3.63, 3.8) is 0 Å². The minimum atomic E-state index is -0.336. The average Bonchev–Trinajstić information content (AvgIpc) is 2.25. The van der Waals surface area contributed by atoms with Gasteiger partial charge in [-0.2, -0.15) is 5.26 Å². The molecular weight excluding hydrogens is 188 g/mol. The zero-order valence-electron chi connectivity index (χ0n) is 9.12. The third-order valence-corrected chi connectivity index (χ3v) is 2.55. The van der Waals surface area contributed by atoms with E-state index in [0.717, 1.165) is 11.1 Å². The SMILES string of the molecule is Cc1cccc(C(C#N)NCCO)c1C. The van der Waals surface area contributed by atoms with Crippen LogP contribution in [0.5, 0.6) is 0 Å². The lowest BCUT2D eigenvalue weighted by molar-refractivity contribution is 0.289. The summed E-state index contributed by atoms with van der Waals surface area (Å²) in [5.74, 6) is 0. The molecule has 3 heteroatoms. The van der Waals surface area contributed by atoms with Crippen LogP contribution >= 0.6 is 0 Å². The minimum absolute atomic E-state index is 0.0447. The second-order valence-electron chi connectivity index (χ2n) is 3.53. The van der Waals surface area contributed by atoms with Crippen molar-refractivity contribution in [3.05, 3.63) is 34.9 Å². The van der Waals surface area contributed by atoms with Gasteiger partial charge >= 0.3 is 0 Å². The van der Waals surface area contributed by atoms with Gasteiger partial charge in [0, 0.05) is 6.54 Å².